The first-order valence-corrected chi connectivity index (χ1v) is 5.91. The molecule has 0 spiro atoms. The van der Waals surface area contributed by atoms with E-state index in [9.17, 15) is 0 Å². The molecule has 1 fully saturated rings. The molecule has 1 aliphatic rings. The molecule has 1 aliphatic heterocycles. The van der Waals surface area contributed by atoms with Crippen LogP contribution in [-0.4, -0.2) is 31.2 Å². The highest BCUT2D eigenvalue weighted by Crippen LogP contribution is 2.27. The summed E-state index contributed by atoms with van der Waals surface area (Å²) in [6.07, 6.45) is 2.58. The lowest BCUT2D eigenvalue weighted by Gasteiger charge is -2.07. The molecule has 0 amide bonds. The van der Waals surface area contributed by atoms with E-state index in [2.05, 4.69) is 15.5 Å². The summed E-state index contributed by atoms with van der Waals surface area (Å²) >= 11 is 7.69. The van der Waals surface area contributed by atoms with Gasteiger partial charge in [-0.1, -0.05) is 0 Å². The first-order chi connectivity index (χ1) is 6.40. The third-order valence-corrected chi connectivity index (χ3v) is 3.75. The molecular formula is C7H11ClN4S. The zero-order valence-corrected chi connectivity index (χ0v) is 8.76. The number of alkyl halides is 1. The van der Waals surface area contributed by atoms with Gasteiger partial charge in [0.25, 0.3) is 0 Å². The van der Waals surface area contributed by atoms with Crippen molar-refractivity contribution in [3.05, 3.63) is 5.82 Å². The second-order valence-corrected chi connectivity index (χ2v) is 4.72. The van der Waals surface area contributed by atoms with Crippen molar-refractivity contribution in [1.29, 1.82) is 0 Å². The highest BCUT2D eigenvalue weighted by molar-refractivity contribution is 8.00. The van der Waals surface area contributed by atoms with E-state index < -0.39 is 0 Å². The van der Waals surface area contributed by atoms with Crippen molar-refractivity contribution in [3.8, 4) is 0 Å². The Kier molecular flexibility index (Phi) is 3.05. The molecule has 72 valence electrons. The number of nitrogens with zero attached hydrogens (tertiary/aromatic N) is 4. The van der Waals surface area contributed by atoms with Crippen molar-refractivity contribution >= 4 is 23.4 Å². The molecule has 1 saturated heterocycles. The molecule has 0 bridgehead atoms. The van der Waals surface area contributed by atoms with E-state index in [-0.39, 0.29) is 0 Å². The van der Waals surface area contributed by atoms with Crippen molar-refractivity contribution < 1.29 is 0 Å². The summed E-state index contributed by atoms with van der Waals surface area (Å²) in [6.45, 7) is 0.903. The standard InChI is InChI=1S/C7H11ClN4S/c8-4-7-9-10-11-12(7)5-6-2-1-3-13-6/h6H,1-5H2. The molecule has 2 rings (SSSR count). The average Bonchev–Trinajstić information content (AvgIpc) is 2.76. The minimum atomic E-state index is 0.393. The molecule has 0 aromatic carbocycles. The lowest BCUT2D eigenvalue weighted by atomic mass is 10.2. The van der Waals surface area contributed by atoms with Crippen molar-refractivity contribution in [2.45, 2.75) is 30.5 Å². The maximum absolute atomic E-state index is 5.69. The molecule has 1 aromatic heterocycles. The smallest absolute Gasteiger partial charge is 0.166 e. The predicted octanol–water partition coefficient (Wildman–Crippen LogP) is 1.31. The van der Waals surface area contributed by atoms with Crippen molar-refractivity contribution in [2.75, 3.05) is 5.75 Å². The van der Waals surface area contributed by atoms with Crippen molar-refractivity contribution in [1.82, 2.24) is 20.2 Å². The maximum Gasteiger partial charge on any atom is 0.166 e. The molecule has 1 aromatic rings. The summed E-state index contributed by atoms with van der Waals surface area (Å²) in [5.74, 6) is 2.43. The first kappa shape index (κ1) is 9.27. The third kappa shape index (κ3) is 2.14. The summed E-state index contributed by atoms with van der Waals surface area (Å²) in [4.78, 5) is 0. The Bertz CT molecular complexity index is 271. The molecule has 2 heterocycles. The van der Waals surface area contributed by atoms with E-state index in [1.165, 1.54) is 18.6 Å². The molecule has 13 heavy (non-hydrogen) atoms. The Morgan fingerprint density at radius 3 is 3.23 bits per heavy atom. The van der Waals surface area contributed by atoms with Crippen LogP contribution in [0.5, 0.6) is 0 Å². The quantitative estimate of drug-likeness (QED) is 0.718. The van der Waals surface area contributed by atoms with Crippen LogP contribution in [0, 0.1) is 0 Å². The van der Waals surface area contributed by atoms with E-state index in [0.717, 1.165) is 12.4 Å². The van der Waals surface area contributed by atoms with Crippen LogP contribution in [0.3, 0.4) is 0 Å². The molecule has 0 aliphatic carbocycles. The van der Waals surface area contributed by atoms with Gasteiger partial charge in [-0.3, -0.25) is 0 Å². The van der Waals surface area contributed by atoms with Gasteiger partial charge in [-0.2, -0.15) is 11.8 Å². The molecule has 0 N–H and O–H groups in total. The van der Waals surface area contributed by atoms with E-state index in [1.807, 2.05) is 16.4 Å². The summed E-state index contributed by atoms with van der Waals surface area (Å²) in [7, 11) is 0. The largest absolute Gasteiger partial charge is 0.227 e. The fourth-order valence-electron chi connectivity index (χ4n) is 1.44. The zero-order valence-electron chi connectivity index (χ0n) is 7.19. The van der Waals surface area contributed by atoms with Crippen LogP contribution in [0.15, 0.2) is 0 Å². The van der Waals surface area contributed by atoms with Crippen LogP contribution in [-0.2, 0) is 12.4 Å². The van der Waals surface area contributed by atoms with Gasteiger partial charge in [0.05, 0.1) is 12.4 Å². The predicted molar refractivity (Wildman–Crippen MR) is 52.9 cm³/mol. The van der Waals surface area contributed by atoms with Crippen LogP contribution in [0.4, 0.5) is 0 Å². The van der Waals surface area contributed by atoms with Crippen molar-refractivity contribution in [3.63, 3.8) is 0 Å². The highest BCUT2D eigenvalue weighted by Gasteiger charge is 2.18. The maximum atomic E-state index is 5.69. The number of aromatic nitrogens is 4. The Morgan fingerprint density at radius 2 is 2.54 bits per heavy atom. The molecule has 4 nitrogen and oxygen atoms in total. The Morgan fingerprint density at radius 1 is 1.62 bits per heavy atom. The number of hydrogen-bond donors (Lipinski definition) is 0. The molecule has 0 radical (unpaired) electrons. The normalized spacial score (nSPS) is 22.4. The van der Waals surface area contributed by atoms with Gasteiger partial charge in [0.1, 0.15) is 0 Å². The fraction of sp³-hybridized carbons (Fsp3) is 0.857. The van der Waals surface area contributed by atoms with Gasteiger partial charge in [-0.15, -0.1) is 16.7 Å². The van der Waals surface area contributed by atoms with Gasteiger partial charge in [-0.05, 0) is 29.0 Å². The zero-order chi connectivity index (χ0) is 9.10. The lowest BCUT2D eigenvalue weighted by Crippen LogP contribution is -2.13. The van der Waals surface area contributed by atoms with Crippen molar-refractivity contribution in [2.24, 2.45) is 0 Å². The molecular weight excluding hydrogens is 208 g/mol. The van der Waals surface area contributed by atoms with Crippen LogP contribution < -0.4 is 0 Å². The van der Waals surface area contributed by atoms with Gasteiger partial charge in [-0.25, -0.2) is 4.68 Å². The lowest BCUT2D eigenvalue weighted by molar-refractivity contribution is 0.547. The van der Waals surface area contributed by atoms with Gasteiger partial charge in [0, 0.05) is 5.25 Å². The van der Waals surface area contributed by atoms with Crippen LogP contribution in [0.25, 0.3) is 0 Å². The van der Waals surface area contributed by atoms with E-state index in [4.69, 9.17) is 11.6 Å². The van der Waals surface area contributed by atoms with Gasteiger partial charge < -0.3 is 0 Å². The van der Waals surface area contributed by atoms with Crippen LogP contribution >= 0.6 is 23.4 Å². The number of halogens is 1. The fourth-order valence-corrected chi connectivity index (χ4v) is 2.88. The van der Waals surface area contributed by atoms with E-state index in [1.54, 1.807) is 0 Å². The summed E-state index contributed by atoms with van der Waals surface area (Å²) in [5, 5.41) is 12.0. The molecule has 6 heteroatoms. The average molecular weight is 219 g/mol. The molecule has 1 unspecified atom stereocenters. The topological polar surface area (TPSA) is 43.6 Å². The second-order valence-electron chi connectivity index (χ2n) is 3.05. The Hall–Kier alpha value is -0.290. The van der Waals surface area contributed by atoms with Gasteiger partial charge in [0.2, 0.25) is 0 Å². The molecule has 1 atom stereocenters. The molecule has 0 saturated carbocycles. The second kappa shape index (κ2) is 4.28. The minimum absolute atomic E-state index is 0.393. The third-order valence-electron chi connectivity index (χ3n) is 2.13. The number of hydrogen-bond acceptors (Lipinski definition) is 4. The summed E-state index contributed by atoms with van der Waals surface area (Å²) in [6, 6.07) is 0. The Labute approximate surface area is 86.0 Å². The minimum Gasteiger partial charge on any atom is -0.227 e. The van der Waals surface area contributed by atoms with Crippen LogP contribution in [0.2, 0.25) is 0 Å². The van der Waals surface area contributed by atoms with E-state index in [0.29, 0.717) is 11.1 Å². The number of thioether (sulfide) groups is 1. The Balaban J connectivity index is 1.99. The van der Waals surface area contributed by atoms with Crippen LogP contribution in [0.1, 0.15) is 18.7 Å². The SMILES string of the molecule is ClCc1nnnn1CC1CCCS1. The monoisotopic (exact) mass is 218 g/mol. The van der Waals surface area contributed by atoms with Gasteiger partial charge in [0.15, 0.2) is 5.82 Å². The van der Waals surface area contributed by atoms with E-state index >= 15 is 0 Å². The van der Waals surface area contributed by atoms with Gasteiger partial charge >= 0.3 is 0 Å². The number of rotatable bonds is 3. The number of tetrazole rings is 1. The summed E-state index contributed by atoms with van der Waals surface area (Å²) in [5.41, 5.74) is 0. The highest BCUT2D eigenvalue weighted by atomic mass is 35.5. The summed E-state index contributed by atoms with van der Waals surface area (Å²) < 4.78 is 1.82. The first-order valence-electron chi connectivity index (χ1n) is 4.33.